The molecule has 4 rings (SSSR count). The van der Waals surface area contributed by atoms with Crippen molar-refractivity contribution in [1.82, 2.24) is 15.2 Å². The Kier molecular flexibility index (Phi) is 8.32. The van der Waals surface area contributed by atoms with Gasteiger partial charge in [0.1, 0.15) is 11.8 Å². The average Bonchev–Trinajstić information content (AvgIpc) is 3.35. The molecule has 10 nitrogen and oxygen atoms in total. The molecule has 1 aromatic heterocycles. The third kappa shape index (κ3) is 6.08. The van der Waals surface area contributed by atoms with E-state index in [0.29, 0.717) is 12.8 Å². The van der Waals surface area contributed by atoms with E-state index in [4.69, 9.17) is 0 Å². The Hall–Kier alpha value is -3.31. The van der Waals surface area contributed by atoms with Gasteiger partial charge >= 0.3 is 5.97 Å². The molecule has 2 aromatic rings. The van der Waals surface area contributed by atoms with Crippen LogP contribution < -0.4 is 10.6 Å². The van der Waals surface area contributed by atoms with Crippen molar-refractivity contribution in [3.05, 3.63) is 40.9 Å². The van der Waals surface area contributed by atoms with Crippen LogP contribution in [-0.2, 0) is 25.5 Å². The molecule has 2 fully saturated rings. The predicted molar refractivity (Wildman–Crippen MR) is 133 cm³/mol. The van der Waals surface area contributed by atoms with E-state index >= 15 is 0 Å². The highest BCUT2D eigenvalue weighted by Gasteiger charge is 2.42. The second-order valence-electron chi connectivity index (χ2n) is 9.18. The molecule has 2 unspecified atom stereocenters. The topological polar surface area (TPSA) is 138 Å². The van der Waals surface area contributed by atoms with Crippen LogP contribution in [0.3, 0.4) is 0 Å². The van der Waals surface area contributed by atoms with Crippen LogP contribution in [0.15, 0.2) is 29.6 Å². The maximum atomic E-state index is 13.5. The van der Waals surface area contributed by atoms with Crippen molar-refractivity contribution < 1.29 is 29.0 Å². The number of carbonyl (C=O) groups excluding carboxylic acids is 4. The van der Waals surface area contributed by atoms with Crippen molar-refractivity contribution >= 4 is 40.2 Å². The van der Waals surface area contributed by atoms with Crippen LogP contribution in [0.25, 0.3) is 0 Å². The lowest BCUT2D eigenvalue weighted by Crippen LogP contribution is -2.63. The van der Waals surface area contributed by atoms with Gasteiger partial charge in [-0.15, -0.1) is 11.3 Å². The molecule has 0 radical (unpaired) electrons. The highest BCUT2D eigenvalue weighted by atomic mass is 32.1. The Balaban J connectivity index is 1.55. The van der Waals surface area contributed by atoms with E-state index < -0.39 is 35.8 Å². The summed E-state index contributed by atoms with van der Waals surface area (Å²) in [6.07, 6.45) is 5.84. The number of aromatic hydroxyl groups is 1. The Morgan fingerprint density at radius 2 is 1.94 bits per heavy atom. The first kappa shape index (κ1) is 25.8. The van der Waals surface area contributed by atoms with Gasteiger partial charge in [-0.25, -0.2) is 9.78 Å². The summed E-state index contributed by atoms with van der Waals surface area (Å²) in [5.41, 5.74) is 0.893. The van der Waals surface area contributed by atoms with Crippen LogP contribution >= 0.6 is 11.3 Å². The quantitative estimate of drug-likeness (QED) is 0.361. The molecule has 2 atom stereocenters. The lowest BCUT2D eigenvalue weighted by molar-refractivity contribution is -0.155. The fraction of sp³-hybridized carbons (Fsp3) is 0.480. The van der Waals surface area contributed by atoms with Crippen molar-refractivity contribution in [1.29, 1.82) is 0 Å². The zero-order valence-corrected chi connectivity index (χ0v) is 20.9. The number of nitrogens with zero attached hydrogens (tertiary/aromatic N) is 2. The van der Waals surface area contributed by atoms with Gasteiger partial charge < -0.3 is 15.2 Å². The molecule has 2 heterocycles. The molecule has 1 aliphatic carbocycles. The number of thiazole rings is 1. The maximum Gasteiger partial charge on any atom is 0.357 e. The summed E-state index contributed by atoms with van der Waals surface area (Å²) in [5, 5.41) is 16.9. The summed E-state index contributed by atoms with van der Waals surface area (Å²) in [7, 11) is 1.25. The Morgan fingerprint density at radius 1 is 1.22 bits per heavy atom. The fourth-order valence-corrected chi connectivity index (χ4v) is 5.50. The van der Waals surface area contributed by atoms with Crippen LogP contribution in [0.5, 0.6) is 5.75 Å². The van der Waals surface area contributed by atoms with Crippen LogP contribution in [0.1, 0.15) is 54.6 Å². The number of anilines is 1. The van der Waals surface area contributed by atoms with E-state index in [1.165, 1.54) is 12.5 Å². The molecule has 1 aliphatic heterocycles. The third-order valence-electron chi connectivity index (χ3n) is 6.70. The number of ether oxygens (including phenoxy) is 1. The summed E-state index contributed by atoms with van der Waals surface area (Å²) < 4.78 is 4.67. The number of hydrogen-bond donors (Lipinski definition) is 3. The minimum absolute atomic E-state index is 0.0628. The lowest BCUT2D eigenvalue weighted by Gasteiger charge is -2.38. The fourth-order valence-electron chi connectivity index (χ4n) is 4.81. The number of methoxy groups -OCH3 is 1. The molecule has 0 spiro atoms. The summed E-state index contributed by atoms with van der Waals surface area (Å²) >= 11 is 1.07. The normalized spacial score (nSPS) is 19.7. The Labute approximate surface area is 213 Å². The zero-order valence-electron chi connectivity index (χ0n) is 20.1. The van der Waals surface area contributed by atoms with E-state index in [1.54, 1.807) is 24.3 Å². The molecule has 3 N–H and O–H groups in total. The molecule has 1 saturated carbocycles. The van der Waals surface area contributed by atoms with E-state index in [0.717, 1.165) is 53.9 Å². The SMILES string of the molecule is COC(=O)c1csc(NC(=O)C(CC2CCCCC2)N2C(=O)CNC(Cc3ccc(O)cc3)C2=O)n1. The number of piperazine rings is 1. The van der Waals surface area contributed by atoms with Gasteiger partial charge in [0.25, 0.3) is 0 Å². The van der Waals surface area contributed by atoms with Crippen molar-refractivity contribution in [2.45, 2.75) is 57.0 Å². The van der Waals surface area contributed by atoms with Gasteiger partial charge in [0, 0.05) is 5.38 Å². The largest absolute Gasteiger partial charge is 0.508 e. The highest BCUT2D eigenvalue weighted by molar-refractivity contribution is 7.14. The van der Waals surface area contributed by atoms with E-state index in [-0.39, 0.29) is 29.0 Å². The number of benzene rings is 1. The number of esters is 1. The molecule has 1 saturated heterocycles. The van der Waals surface area contributed by atoms with Crippen LogP contribution in [0.4, 0.5) is 5.13 Å². The summed E-state index contributed by atoms with van der Waals surface area (Å²) in [5.74, 6) is -1.67. The molecule has 192 valence electrons. The summed E-state index contributed by atoms with van der Waals surface area (Å²) in [6.45, 7) is -0.0628. The van der Waals surface area contributed by atoms with Gasteiger partial charge in [0.2, 0.25) is 17.7 Å². The highest BCUT2D eigenvalue weighted by Crippen LogP contribution is 2.30. The van der Waals surface area contributed by atoms with Gasteiger partial charge in [-0.2, -0.15) is 0 Å². The van der Waals surface area contributed by atoms with Gasteiger partial charge in [-0.1, -0.05) is 44.2 Å². The first-order valence-corrected chi connectivity index (χ1v) is 13.0. The van der Waals surface area contributed by atoms with E-state index in [2.05, 4.69) is 20.4 Å². The predicted octanol–water partition coefficient (Wildman–Crippen LogP) is 2.48. The number of amides is 3. The van der Waals surface area contributed by atoms with Crippen molar-refractivity contribution in [3.8, 4) is 5.75 Å². The monoisotopic (exact) mass is 514 g/mol. The van der Waals surface area contributed by atoms with Gasteiger partial charge in [-0.05, 0) is 36.5 Å². The van der Waals surface area contributed by atoms with E-state index in [1.807, 2.05) is 0 Å². The molecule has 1 aromatic carbocycles. The first-order chi connectivity index (χ1) is 17.4. The number of phenolic OH excluding ortho intramolecular Hbond substituents is 1. The molecule has 3 amide bonds. The molecular formula is C25H30N4O6S. The van der Waals surface area contributed by atoms with Crippen molar-refractivity contribution in [2.75, 3.05) is 19.0 Å². The second kappa shape index (κ2) is 11.6. The lowest BCUT2D eigenvalue weighted by atomic mass is 9.84. The molecule has 36 heavy (non-hydrogen) atoms. The Bertz CT molecular complexity index is 1110. The molecular weight excluding hydrogens is 484 g/mol. The smallest absolute Gasteiger partial charge is 0.357 e. The van der Waals surface area contributed by atoms with Crippen LogP contribution in [0.2, 0.25) is 0 Å². The Morgan fingerprint density at radius 3 is 2.64 bits per heavy atom. The van der Waals surface area contributed by atoms with Crippen LogP contribution in [-0.4, -0.2) is 64.4 Å². The zero-order chi connectivity index (χ0) is 25.7. The van der Waals surface area contributed by atoms with Gasteiger partial charge in [0.05, 0.1) is 19.7 Å². The maximum absolute atomic E-state index is 13.5. The van der Waals surface area contributed by atoms with Crippen molar-refractivity contribution in [3.63, 3.8) is 0 Å². The number of rotatable bonds is 8. The minimum atomic E-state index is -0.983. The number of nitrogens with one attached hydrogen (secondary N) is 2. The number of imide groups is 1. The summed E-state index contributed by atoms with van der Waals surface area (Å²) in [6, 6.07) is 4.86. The van der Waals surface area contributed by atoms with Gasteiger partial charge in [0.15, 0.2) is 10.8 Å². The third-order valence-corrected chi connectivity index (χ3v) is 7.46. The second-order valence-corrected chi connectivity index (χ2v) is 10.0. The first-order valence-electron chi connectivity index (χ1n) is 12.1. The standard InChI is InChI=1S/C25H30N4O6S/c1-35-24(34)19-14-36-25(27-19)28-22(32)20(12-15-5-3-2-4-6-15)29-21(31)13-26-18(23(29)33)11-16-7-9-17(30)10-8-16/h7-10,14-15,18,20,26,30H,2-6,11-13H2,1H3,(H,27,28,32). The number of carbonyl (C=O) groups is 4. The van der Waals surface area contributed by atoms with Crippen LogP contribution in [0, 0.1) is 5.92 Å². The number of aromatic nitrogens is 1. The summed E-state index contributed by atoms with van der Waals surface area (Å²) in [4.78, 5) is 56.9. The molecule has 11 heteroatoms. The number of hydrogen-bond acceptors (Lipinski definition) is 9. The average molecular weight is 515 g/mol. The van der Waals surface area contributed by atoms with E-state index in [9.17, 15) is 24.3 Å². The number of phenols is 1. The molecule has 0 bridgehead atoms. The van der Waals surface area contributed by atoms with Gasteiger partial charge in [-0.3, -0.25) is 24.6 Å². The molecule has 2 aliphatic rings. The van der Waals surface area contributed by atoms with Crippen molar-refractivity contribution in [2.24, 2.45) is 5.92 Å². The minimum Gasteiger partial charge on any atom is -0.508 e.